The molecule has 28 heteroatoms. The summed E-state index contributed by atoms with van der Waals surface area (Å²) in [6.45, 7) is 39.2. The Labute approximate surface area is 717 Å². The lowest BCUT2D eigenvalue weighted by Gasteiger charge is -2.48. The van der Waals surface area contributed by atoms with E-state index in [0.29, 0.717) is 81.2 Å². The van der Waals surface area contributed by atoms with E-state index in [1.165, 1.54) is 42.7 Å². The van der Waals surface area contributed by atoms with E-state index >= 15 is 4.79 Å². The normalized spacial score (nSPS) is 23.9. The van der Waals surface area contributed by atoms with Crippen molar-refractivity contribution in [3.05, 3.63) is 117 Å². The minimum absolute atomic E-state index is 0.000288. The molecule has 3 aromatic heterocycles. The molecule has 9 atom stereocenters. The van der Waals surface area contributed by atoms with Gasteiger partial charge in [-0.1, -0.05) is 79.6 Å². The van der Waals surface area contributed by atoms with Gasteiger partial charge in [-0.2, -0.15) is 0 Å². The molecule has 0 spiro atoms. The van der Waals surface area contributed by atoms with E-state index in [4.69, 9.17) is 67.6 Å². The average molecular weight is 1700 g/mol. The van der Waals surface area contributed by atoms with Crippen LogP contribution in [0.4, 0.5) is 0 Å². The van der Waals surface area contributed by atoms with Crippen LogP contribution in [0.1, 0.15) is 211 Å². The van der Waals surface area contributed by atoms with Gasteiger partial charge in [-0.05, 0) is 168 Å². The van der Waals surface area contributed by atoms with Crippen LogP contribution in [0.3, 0.4) is 0 Å². The van der Waals surface area contributed by atoms with Crippen LogP contribution in [-0.4, -0.2) is 186 Å². The number of ether oxygens (including phenoxy) is 9. The third-order valence-electron chi connectivity index (χ3n) is 27.0. The maximum atomic E-state index is 15.2. The molecule has 0 aromatic carbocycles. The van der Waals surface area contributed by atoms with Gasteiger partial charge in [0, 0.05) is 172 Å². The number of methoxy groups -OCH3 is 6. The van der Waals surface area contributed by atoms with Gasteiger partial charge in [-0.3, -0.25) is 58.1 Å². The molecule has 7 aliphatic heterocycles. The third-order valence-corrected chi connectivity index (χ3v) is 28.7. The minimum Gasteiger partial charge on any atom is -0.469 e. The van der Waals surface area contributed by atoms with Crippen LogP contribution in [0, 0.1) is 59.2 Å². The molecule has 4 N–H and O–H groups in total. The van der Waals surface area contributed by atoms with Gasteiger partial charge >= 0.3 is 47.8 Å². The van der Waals surface area contributed by atoms with E-state index in [1.54, 1.807) is 0 Å². The monoisotopic (exact) mass is 1700 g/mol. The zero-order valence-corrected chi connectivity index (χ0v) is 76.3. The molecule has 1 unspecified atom stereocenters. The number of hydrogen-bond acceptors (Lipinski definition) is 24. The van der Waals surface area contributed by atoms with Crippen molar-refractivity contribution in [3.8, 4) is 0 Å². The van der Waals surface area contributed by atoms with Crippen molar-refractivity contribution in [3.63, 3.8) is 0 Å². The lowest BCUT2D eigenvalue weighted by atomic mass is 9.55. The number of aliphatic imine (C=N–C) groups is 3. The lowest BCUT2D eigenvalue weighted by Crippen LogP contribution is -2.55. The number of H-pyrrole nitrogens is 2. The topological polar surface area (TPSA) is 355 Å². The molecule has 0 radical (unpaired) electrons. The number of fused-ring (bicyclic) bond motifs is 14. The highest BCUT2D eigenvalue weighted by atomic mass is 28.3. The fourth-order valence-electron chi connectivity index (χ4n) is 19.3. The Bertz CT molecular complexity index is 5150. The van der Waals surface area contributed by atoms with Gasteiger partial charge in [0.15, 0.2) is 0 Å². The Kier molecular flexibility index (Phi) is 29.6. The molecule has 658 valence electrons. The summed E-state index contributed by atoms with van der Waals surface area (Å²) >= 11 is 0. The first-order valence-corrected chi connectivity index (χ1v) is 46.0. The first kappa shape index (κ1) is 93.8. The Balaban J connectivity index is 0.954. The number of aromatic nitrogens is 4. The molecule has 122 heavy (non-hydrogen) atoms. The predicted octanol–water partition coefficient (Wildman–Crippen LogP) is 15.6. The van der Waals surface area contributed by atoms with E-state index < -0.39 is 107 Å². The maximum absolute atomic E-state index is 15.2. The zero-order valence-electron chi connectivity index (χ0n) is 75.3. The van der Waals surface area contributed by atoms with E-state index in [2.05, 4.69) is 66.4 Å². The van der Waals surface area contributed by atoms with Crippen LogP contribution < -0.4 is 10.6 Å². The Hall–Kier alpha value is -10.5. The number of hydrogen-bond donors (Lipinski definition) is 4. The van der Waals surface area contributed by atoms with Gasteiger partial charge in [0.1, 0.15) is 6.61 Å². The predicted molar refractivity (Wildman–Crippen MR) is 474 cm³/mol. The zero-order chi connectivity index (χ0) is 89.5. The summed E-state index contributed by atoms with van der Waals surface area (Å²) < 4.78 is 49.8. The number of allylic oxidation sites excluding steroid dienone is 10. The Morgan fingerprint density at radius 2 is 1.04 bits per heavy atom. The molecule has 1 saturated heterocycles. The summed E-state index contributed by atoms with van der Waals surface area (Å²) in [5.74, 6) is -6.87. The Morgan fingerprint density at radius 1 is 0.533 bits per heavy atom. The summed E-state index contributed by atoms with van der Waals surface area (Å²) in [5.41, 5.74) is 12.0. The number of amides is 1. The molecular formula is C94H125N9O18Si. The number of carbonyl (C=O) groups excluding carboxylic acids is 9. The lowest BCUT2D eigenvalue weighted by molar-refractivity contribution is -0.147. The second kappa shape index (κ2) is 38.5. The van der Waals surface area contributed by atoms with Crippen molar-refractivity contribution < 1.29 is 85.8 Å². The van der Waals surface area contributed by atoms with Gasteiger partial charge in [0.2, 0.25) is 5.91 Å². The summed E-state index contributed by atoms with van der Waals surface area (Å²) in [6, 6.07) is 7.94. The molecule has 1 amide bonds. The standard InChI is InChI=1S/C94H125N9O18Si/c1-24-58-52(3)66-45-67-54(5)60(72(98-67)48-73-61(27-32-82(110)121-42-43-122(21,22)23)55(6)69(99-73)47-71-59(25-2)53(4)68(97-71)46-70(58)96-66)26-31-81(109)120-41-40-119-39-38-95-76(104)50-92(12)62(28-33-77(105)113-15)74-49-75-90(9,10)63(29-34-78(106)114-16)85(101-75)56(7)87-91(11,37-36-80(108)116-18)65(44-83(111)117-19)89(102-87)94(14)93(13,51-84(112)118-20)64(30-35-79(107)115-17)86(103-94)57(8)88(92)100-74/h24-25,45-49,62-65,89,96-97,100H,1-2,26-44,50-51H2,3-23H3,(H,95,104)/b66-45?,67-45?,68-46?,69-47?,70-46?,71-47?,72-48?,73-48?,74-49?,85-56?,88-57-/t62-,63-,64-,65+,89?,91-,92+,93+,94+/m1/s1. The van der Waals surface area contributed by atoms with Gasteiger partial charge in [-0.15, -0.1) is 0 Å². The number of aryl methyl sites for hydroxylation is 2. The van der Waals surface area contributed by atoms with Gasteiger partial charge < -0.3 is 63.2 Å². The molecule has 0 saturated carbocycles. The van der Waals surface area contributed by atoms with Crippen molar-refractivity contribution in [2.45, 2.75) is 217 Å². The van der Waals surface area contributed by atoms with Crippen LogP contribution in [0.15, 0.2) is 86.7 Å². The van der Waals surface area contributed by atoms with Crippen LogP contribution >= 0.6 is 0 Å². The number of esters is 8. The summed E-state index contributed by atoms with van der Waals surface area (Å²) in [6.07, 6.45) is 6.24. The van der Waals surface area contributed by atoms with E-state index in [-0.39, 0.29) is 128 Å². The molecule has 16 bridgehead atoms. The van der Waals surface area contributed by atoms with Crippen molar-refractivity contribution in [1.29, 1.82) is 0 Å². The van der Waals surface area contributed by atoms with Gasteiger partial charge in [-0.25, -0.2) is 9.97 Å². The van der Waals surface area contributed by atoms with Crippen LogP contribution in [-0.2, 0) is 85.8 Å². The van der Waals surface area contributed by atoms with Crippen molar-refractivity contribution >= 4 is 135 Å². The second-order valence-electron chi connectivity index (χ2n) is 35.8. The quantitative estimate of drug-likeness (QED) is 0.0184. The Morgan fingerprint density at radius 3 is 1.58 bits per heavy atom. The van der Waals surface area contributed by atoms with E-state index in [9.17, 15) is 38.4 Å². The van der Waals surface area contributed by atoms with Crippen molar-refractivity contribution in [2.24, 2.45) is 60.3 Å². The van der Waals surface area contributed by atoms with Crippen LogP contribution in [0.5, 0.6) is 0 Å². The number of rotatable bonds is 35. The first-order chi connectivity index (χ1) is 57.6. The minimum atomic E-state index is -1.46. The van der Waals surface area contributed by atoms with Gasteiger partial charge in [0.25, 0.3) is 0 Å². The molecule has 7 aliphatic rings. The van der Waals surface area contributed by atoms with E-state index in [1.807, 2.05) is 113 Å². The summed E-state index contributed by atoms with van der Waals surface area (Å²) in [5, 5.41) is 6.90. The largest absolute Gasteiger partial charge is 0.469 e. The highest BCUT2D eigenvalue weighted by Gasteiger charge is 2.67. The number of nitrogens with zero attached hydrogens (tertiary/aromatic N) is 5. The number of nitrogens with one attached hydrogen (secondary N) is 4. The van der Waals surface area contributed by atoms with E-state index in [0.717, 1.165) is 72.7 Å². The summed E-state index contributed by atoms with van der Waals surface area (Å²) in [7, 11) is 6.40. The fourth-order valence-corrected chi connectivity index (χ4v) is 20.0. The smallest absolute Gasteiger partial charge is 0.306 e. The molecular weight excluding hydrogens is 1570 g/mol. The first-order valence-electron chi connectivity index (χ1n) is 42.3. The average Bonchev–Trinajstić information content (AvgIpc) is 1.52. The van der Waals surface area contributed by atoms with Crippen molar-refractivity contribution in [1.82, 2.24) is 30.6 Å². The summed E-state index contributed by atoms with van der Waals surface area (Å²) in [4.78, 5) is 160. The second-order valence-corrected chi connectivity index (χ2v) is 41.4. The SMILES string of the molecule is C=Cc1c(C)c2cc3[nH]c(cc4nc(cc5nc(cc1[nH]2)C(C)=C5CCC(=O)OCC[Si](C)(C)C)C(CCC(=O)OCCOCCNC(=O)C[C@]1(C)/C2=C(\C)C5=N[C@@](C)(C6N=C(C(C)=C7N=C(C=C(N2)[C@H]1CCC(=O)OC)C(C)(C)[C@@H]7CCC(=O)OC)[C@](C)(CCC(=O)OC)[C@H]6CC(=O)OC)[C@@](C)(CC(=O)OC)[C@@H]5CCC(=O)OC)=C4C)c(C)c3C=C. The molecule has 27 nitrogen and oxygen atoms in total. The number of aromatic amines is 2. The maximum Gasteiger partial charge on any atom is 0.306 e. The molecule has 10 heterocycles. The van der Waals surface area contributed by atoms with Crippen LogP contribution in [0.25, 0.3) is 56.5 Å². The molecule has 0 aliphatic carbocycles. The molecule has 3 aromatic rings. The van der Waals surface area contributed by atoms with Crippen LogP contribution in [0.2, 0.25) is 25.7 Å². The molecule has 1 fully saturated rings. The highest BCUT2D eigenvalue weighted by molar-refractivity contribution is 6.76. The number of carbonyl (C=O) groups is 9. The molecule has 10 rings (SSSR count). The van der Waals surface area contributed by atoms with Crippen molar-refractivity contribution in [2.75, 3.05) is 75.6 Å². The highest BCUT2D eigenvalue weighted by Crippen LogP contribution is 2.63. The van der Waals surface area contributed by atoms with Gasteiger partial charge in [0.05, 0.1) is 110 Å². The third kappa shape index (κ3) is 19.4. The fraction of sp³-hybridized carbons (Fsp3) is 0.553.